The van der Waals surface area contributed by atoms with Gasteiger partial charge in [-0.1, -0.05) is 414 Å². The Morgan fingerprint density at radius 3 is 0.803 bits per heavy atom. The van der Waals surface area contributed by atoms with Gasteiger partial charge in [-0.25, -0.2) is 0 Å². The van der Waals surface area contributed by atoms with E-state index in [1.54, 1.807) is 0 Å². The molecule has 3 aliphatic rings. The molecular formula is C128H92BBrO2. The van der Waals surface area contributed by atoms with Crippen LogP contribution in [0.5, 0.6) is 0 Å². The predicted molar refractivity (Wildman–Crippen MR) is 570 cm³/mol. The van der Waals surface area contributed by atoms with Gasteiger partial charge in [-0.2, -0.15) is 0 Å². The highest BCUT2D eigenvalue weighted by molar-refractivity contribution is 9.10. The lowest BCUT2D eigenvalue weighted by Gasteiger charge is -2.32. The quantitative estimate of drug-likeness (QED) is 0.0938. The van der Waals surface area contributed by atoms with Gasteiger partial charge in [-0.15, -0.1) is 0 Å². The van der Waals surface area contributed by atoms with Gasteiger partial charge in [0, 0.05) is 15.3 Å². The van der Waals surface area contributed by atoms with Crippen molar-refractivity contribution >= 4 is 179 Å². The van der Waals surface area contributed by atoms with E-state index in [0.717, 1.165) is 9.94 Å². The Morgan fingerprint density at radius 2 is 0.439 bits per heavy atom. The highest BCUT2D eigenvalue weighted by Crippen LogP contribution is 2.58. The third-order valence-corrected chi connectivity index (χ3v) is 30.8. The van der Waals surface area contributed by atoms with E-state index in [9.17, 15) is 0 Å². The van der Waals surface area contributed by atoms with Crippen molar-refractivity contribution in [3.63, 3.8) is 0 Å². The van der Waals surface area contributed by atoms with Gasteiger partial charge in [0.05, 0.1) is 11.2 Å². The van der Waals surface area contributed by atoms with Gasteiger partial charge in [0.2, 0.25) is 0 Å². The molecule has 2 nitrogen and oxygen atoms in total. The minimum Gasteiger partial charge on any atom is -0.399 e. The van der Waals surface area contributed by atoms with E-state index in [0.29, 0.717) is 0 Å². The first kappa shape index (κ1) is 79.5. The Morgan fingerprint density at radius 1 is 0.182 bits per heavy atom. The van der Waals surface area contributed by atoms with E-state index in [2.05, 4.69) is 484 Å². The highest BCUT2D eigenvalue weighted by atomic mass is 79.9. The molecule has 24 aromatic carbocycles. The number of hydrogen-bond donors (Lipinski definition) is 0. The molecule has 0 N–H and O–H groups in total. The Balaban J connectivity index is 0.000000114. The van der Waals surface area contributed by atoms with Crippen molar-refractivity contribution in [1.82, 2.24) is 0 Å². The molecule has 0 bridgehead atoms. The summed E-state index contributed by atoms with van der Waals surface area (Å²) in [7, 11) is -0.410. The van der Waals surface area contributed by atoms with Crippen LogP contribution in [0, 0.1) is 0 Å². The third kappa shape index (κ3) is 12.2. The summed E-state index contributed by atoms with van der Waals surface area (Å²) in [4.78, 5) is 0. The molecule has 0 aromatic heterocycles. The van der Waals surface area contributed by atoms with Crippen LogP contribution >= 0.6 is 15.9 Å². The molecule has 0 amide bonds. The SMILES string of the molecule is Brc1ccc(-c2c3ccccc3c(-c3cccc4ccccc34)c3ccccc23)cc1.CC1(C)c2cc3c4ccccc4c4ccccc4c3cc2-c2c1cc(-c1ccc(-c3c4ccccc4c(-c4cccc5ccccc45)c4ccccc34)cc1)c1ccccc21.CC1(C)c2cc3c4ccccc4c4ccccc4c3cc2-c2c1cc(B1OC(C)(C)C(C)(C)O1)c1ccccc21. The van der Waals surface area contributed by atoms with Gasteiger partial charge < -0.3 is 9.31 Å². The fourth-order valence-corrected chi connectivity index (χ4v) is 23.4. The summed E-state index contributed by atoms with van der Waals surface area (Å²) in [5.74, 6) is 0. The zero-order chi connectivity index (χ0) is 88.8. The maximum Gasteiger partial charge on any atom is 0.495 e. The van der Waals surface area contributed by atoms with Crippen LogP contribution in [0.3, 0.4) is 0 Å². The van der Waals surface area contributed by atoms with E-state index >= 15 is 0 Å². The van der Waals surface area contributed by atoms with Gasteiger partial charge in [-0.3, -0.25) is 0 Å². The highest BCUT2D eigenvalue weighted by Gasteiger charge is 2.53. The normalized spacial score (nSPS) is 14.4. The van der Waals surface area contributed by atoms with Crippen LogP contribution < -0.4 is 5.46 Å². The maximum absolute atomic E-state index is 6.60. The third-order valence-electron chi connectivity index (χ3n) is 30.2. The summed E-state index contributed by atoms with van der Waals surface area (Å²) in [6, 6.07) is 153. The second-order valence-electron chi connectivity index (χ2n) is 38.6. The molecule has 0 atom stereocenters. The van der Waals surface area contributed by atoms with Gasteiger partial charge >= 0.3 is 7.12 Å². The van der Waals surface area contributed by atoms with Gasteiger partial charge in [0.15, 0.2) is 0 Å². The van der Waals surface area contributed by atoms with Crippen molar-refractivity contribution < 1.29 is 9.31 Å². The van der Waals surface area contributed by atoms with Crippen molar-refractivity contribution in [2.24, 2.45) is 0 Å². The molecule has 1 fully saturated rings. The van der Waals surface area contributed by atoms with Crippen LogP contribution in [0.2, 0.25) is 0 Å². The number of hydrogen-bond acceptors (Lipinski definition) is 2. The van der Waals surface area contributed by atoms with Crippen molar-refractivity contribution in [3.8, 4) is 77.9 Å². The Kier molecular flexibility index (Phi) is 18.2. The van der Waals surface area contributed by atoms with Crippen LogP contribution in [0.15, 0.2) is 417 Å². The average Bonchev–Trinajstić information content (AvgIpc) is 1.45. The molecular weight excluding hydrogens is 1660 g/mol. The molecule has 0 unspecified atom stereocenters. The molecule has 1 heterocycles. The Hall–Kier alpha value is -14.6. The number of rotatable bonds is 6. The first-order chi connectivity index (χ1) is 64.4. The molecule has 4 heteroatoms. The fourth-order valence-electron chi connectivity index (χ4n) is 23.2. The van der Waals surface area contributed by atoms with E-state index in [1.807, 2.05) is 0 Å². The fraction of sp³-hybridized carbons (Fsp3) is 0.0938. The monoisotopic (exact) mass is 1750 g/mol. The molecule has 2 aliphatic carbocycles. The molecule has 0 radical (unpaired) electrons. The summed E-state index contributed by atoms with van der Waals surface area (Å²) < 4.78 is 14.3. The van der Waals surface area contributed by atoms with Gasteiger partial charge in [0.25, 0.3) is 0 Å². The smallest absolute Gasteiger partial charge is 0.399 e. The summed E-state index contributed by atoms with van der Waals surface area (Å²) in [6.45, 7) is 18.1. The van der Waals surface area contributed by atoms with Crippen molar-refractivity contribution in [2.45, 2.75) is 77.4 Å². The zero-order valence-electron chi connectivity index (χ0n) is 75.0. The Labute approximate surface area is 777 Å². The molecule has 1 saturated heterocycles. The summed E-state index contributed by atoms with van der Waals surface area (Å²) in [5.41, 5.74) is 23.6. The standard InChI is InChI=1S/C61H40.C37H33BO2.C30H19Br/c1-61(2)56-36-54-44-22-8-6-20-42(44)41-19-5-7-21-43(41)53(54)34-55(56)60-47-24-10-9-23-45(47)52(35-57(60)61)38-30-32-39(33-31-38)58-48-25-11-13-27-50(48)59(51-28-14-12-26-49(51)58)46-29-15-17-37-16-3-4-18-40(37)46;1-35(2)31-20-29-25-16-10-8-14-23(25)22-13-7-9-15-24(22)28(29)19-30(31)34-27-18-12-11-17-26(27)33(21-32(34)35)38-39-36(3,4)37(5,6)40-38;31-22-18-16-21(17-19-22)29-25-11-3-5-13-27(25)30(28-14-6-4-12-26(28)29)24-15-7-9-20-8-1-2-10-23(20)24/h3-36H,1-2H3;7-21H,1-6H3;1-19H. The lowest BCUT2D eigenvalue weighted by Crippen LogP contribution is -2.41. The van der Waals surface area contributed by atoms with E-state index in [1.165, 1.54) is 251 Å². The topological polar surface area (TPSA) is 18.5 Å². The van der Waals surface area contributed by atoms with Crippen LogP contribution in [0.1, 0.15) is 77.6 Å². The number of halogens is 1. The average molecular weight is 1750 g/mol. The summed E-state index contributed by atoms with van der Waals surface area (Å²) >= 11 is 3.58. The first-order valence-corrected chi connectivity index (χ1v) is 47.2. The molecule has 1 aliphatic heterocycles. The second kappa shape index (κ2) is 30.2. The second-order valence-corrected chi connectivity index (χ2v) is 39.5. The van der Waals surface area contributed by atoms with Gasteiger partial charge in [0.1, 0.15) is 0 Å². The number of fused-ring (bicyclic) bond motifs is 28. The van der Waals surface area contributed by atoms with Crippen LogP contribution in [-0.2, 0) is 20.1 Å². The maximum atomic E-state index is 6.60. The Bertz CT molecular complexity index is 8900. The molecule has 0 spiro atoms. The van der Waals surface area contributed by atoms with Crippen LogP contribution in [0.4, 0.5) is 0 Å². The van der Waals surface area contributed by atoms with Crippen molar-refractivity contribution in [2.75, 3.05) is 0 Å². The lowest BCUT2D eigenvalue weighted by atomic mass is 9.72. The summed E-state index contributed by atoms with van der Waals surface area (Å²) in [5, 5.41) is 36.2. The minimum atomic E-state index is -0.410. The molecule has 24 aromatic rings. The minimum absolute atomic E-state index is 0.173. The van der Waals surface area contributed by atoms with Crippen LogP contribution in [-0.4, -0.2) is 18.3 Å². The van der Waals surface area contributed by atoms with Crippen molar-refractivity contribution in [3.05, 3.63) is 439 Å². The van der Waals surface area contributed by atoms with E-state index < -0.39 is 18.3 Å². The van der Waals surface area contributed by atoms with Gasteiger partial charge in [-0.05, 0) is 327 Å². The lowest BCUT2D eigenvalue weighted by molar-refractivity contribution is 0.00578. The predicted octanol–water partition coefficient (Wildman–Crippen LogP) is 35.2. The zero-order valence-corrected chi connectivity index (χ0v) is 76.6. The van der Waals surface area contributed by atoms with Crippen LogP contribution in [0.25, 0.3) is 229 Å². The first-order valence-electron chi connectivity index (χ1n) is 46.4. The van der Waals surface area contributed by atoms with E-state index in [-0.39, 0.29) is 10.8 Å². The molecule has 132 heavy (non-hydrogen) atoms. The number of benzene rings is 24. The molecule has 626 valence electrons. The largest absolute Gasteiger partial charge is 0.495 e. The molecule has 27 rings (SSSR count). The van der Waals surface area contributed by atoms with E-state index in [4.69, 9.17) is 9.31 Å². The summed E-state index contributed by atoms with van der Waals surface area (Å²) in [6.07, 6.45) is 0. The molecule has 0 saturated carbocycles. The van der Waals surface area contributed by atoms with Crippen molar-refractivity contribution in [1.29, 1.82) is 0 Å².